The van der Waals surface area contributed by atoms with Crippen molar-refractivity contribution in [3.63, 3.8) is 0 Å². The van der Waals surface area contributed by atoms with Crippen LogP contribution in [0.15, 0.2) is 45.8 Å². The molecule has 0 unspecified atom stereocenters. The summed E-state index contributed by atoms with van der Waals surface area (Å²) in [5.74, 6) is 0.0776. The molecule has 0 amide bonds. The van der Waals surface area contributed by atoms with Gasteiger partial charge in [-0.2, -0.15) is 0 Å². The van der Waals surface area contributed by atoms with E-state index in [1.807, 2.05) is 25.2 Å². The molecule has 0 aliphatic heterocycles. The molecule has 0 N–H and O–H groups in total. The number of carbonyl (C=O) groups excluding carboxylic acids is 1. The van der Waals surface area contributed by atoms with Crippen LogP contribution in [-0.4, -0.2) is 31.3 Å². The van der Waals surface area contributed by atoms with E-state index in [9.17, 15) is 4.79 Å². The lowest BCUT2D eigenvalue weighted by molar-refractivity contribution is 0.0601. The highest BCUT2D eigenvalue weighted by atomic mass is 16.5. The Hall–Kier alpha value is -2.69. The van der Waals surface area contributed by atoms with Crippen molar-refractivity contribution in [2.45, 2.75) is 6.92 Å². The van der Waals surface area contributed by atoms with E-state index in [2.05, 4.69) is 9.98 Å². The molecule has 21 heavy (non-hydrogen) atoms. The van der Waals surface area contributed by atoms with Gasteiger partial charge >= 0.3 is 5.97 Å². The minimum Gasteiger partial charge on any atom is -0.465 e. The topological polar surface area (TPSA) is 64.7 Å². The molecular weight excluding hydrogens is 268 g/mol. The van der Waals surface area contributed by atoms with E-state index in [0.717, 1.165) is 5.57 Å². The number of hydrogen-bond acceptors (Lipinski definition) is 5. The second kappa shape index (κ2) is 6.65. The SMILES string of the molecule is C/C=C\C(=C/C=NC)c1nc2cc(C(=O)OC)ccc2o1. The van der Waals surface area contributed by atoms with Crippen molar-refractivity contribution < 1.29 is 13.9 Å². The Morgan fingerprint density at radius 2 is 2.24 bits per heavy atom. The summed E-state index contributed by atoms with van der Waals surface area (Å²) < 4.78 is 10.4. The highest BCUT2D eigenvalue weighted by Crippen LogP contribution is 2.23. The number of aliphatic imine (C=N–C) groups is 1. The fourth-order valence-corrected chi connectivity index (χ4v) is 1.83. The molecule has 0 aliphatic carbocycles. The minimum absolute atomic E-state index is 0.399. The number of oxazole rings is 1. The maximum atomic E-state index is 11.5. The van der Waals surface area contributed by atoms with E-state index in [0.29, 0.717) is 22.6 Å². The van der Waals surface area contributed by atoms with Gasteiger partial charge in [0, 0.05) is 18.8 Å². The molecule has 1 aromatic carbocycles. The molecule has 0 aliphatic rings. The number of carbonyl (C=O) groups is 1. The van der Waals surface area contributed by atoms with Crippen LogP contribution in [0.1, 0.15) is 23.2 Å². The Morgan fingerprint density at radius 3 is 2.90 bits per heavy atom. The molecule has 0 fully saturated rings. The lowest BCUT2D eigenvalue weighted by Gasteiger charge is -1.96. The predicted octanol–water partition coefficient (Wildman–Crippen LogP) is 3.27. The van der Waals surface area contributed by atoms with Crippen LogP contribution in [0.25, 0.3) is 16.7 Å². The first-order chi connectivity index (χ1) is 10.2. The summed E-state index contributed by atoms with van der Waals surface area (Å²) in [6.07, 6.45) is 7.26. The van der Waals surface area contributed by atoms with Crippen LogP contribution in [0.5, 0.6) is 0 Å². The third-order valence-electron chi connectivity index (χ3n) is 2.81. The summed E-state index contributed by atoms with van der Waals surface area (Å²) in [5.41, 5.74) is 2.47. The van der Waals surface area contributed by atoms with Gasteiger partial charge in [-0.25, -0.2) is 9.78 Å². The average molecular weight is 284 g/mol. The van der Waals surface area contributed by atoms with Gasteiger partial charge in [0.15, 0.2) is 5.58 Å². The van der Waals surface area contributed by atoms with Gasteiger partial charge in [-0.3, -0.25) is 4.99 Å². The van der Waals surface area contributed by atoms with Gasteiger partial charge in [0.05, 0.1) is 12.7 Å². The second-order valence-electron chi connectivity index (χ2n) is 4.22. The fraction of sp³-hybridized carbons (Fsp3) is 0.188. The molecule has 2 aromatic rings. The Balaban J connectivity index is 2.48. The molecule has 5 nitrogen and oxygen atoms in total. The normalized spacial score (nSPS) is 12.6. The molecule has 1 aromatic heterocycles. The zero-order valence-electron chi connectivity index (χ0n) is 12.2. The first kappa shape index (κ1) is 14.7. The highest BCUT2D eigenvalue weighted by Gasteiger charge is 2.12. The molecule has 0 radical (unpaired) electrons. The van der Waals surface area contributed by atoms with E-state index in [-0.39, 0.29) is 0 Å². The van der Waals surface area contributed by atoms with Crippen molar-refractivity contribution in [3.8, 4) is 0 Å². The van der Waals surface area contributed by atoms with Crippen LogP contribution in [0.2, 0.25) is 0 Å². The monoisotopic (exact) mass is 284 g/mol. The summed E-state index contributed by atoms with van der Waals surface area (Å²) in [6.45, 7) is 1.91. The quantitative estimate of drug-likeness (QED) is 0.491. The van der Waals surface area contributed by atoms with Gasteiger partial charge < -0.3 is 9.15 Å². The van der Waals surface area contributed by atoms with Crippen LogP contribution in [0.4, 0.5) is 0 Å². The molecule has 5 heteroatoms. The van der Waals surface area contributed by atoms with Crippen LogP contribution in [0.3, 0.4) is 0 Å². The van der Waals surface area contributed by atoms with E-state index in [1.165, 1.54) is 7.11 Å². The van der Waals surface area contributed by atoms with Crippen LogP contribution >= 0.6 is 0 Å². The summed E-state index contributed by atoms with van der Waals surface area (Å²) in [4.78, 5) is 19.8. The number of esters is 1. The number of allylic oxidation sites excluding steroid dienone is 4. The van der Waals surface area contributed by atoms with Crippen molar-refractivity contribution in [2.75, 3.05) is 14.2 Å². The maximum Gasteiger partial charge on any atom is 0.337 e. The maximum absolute atomic E-state index is 11.5. The largest absolute Gasteiger partial charge is 0.465 e. The lowest BCUT2D eigenvalue weighted by atomic mass is 10.2. The van der Waals surface area contributed by atoms with E-state index >= 15 is 0 Å². The smallest absolute Gasteiger partial charge is 0.337 e. The van der Waals surface area contributed by atoms with Gasteiger partial charge in [-0.05, 0) is 31.2 Å². The Kier molecular flexibility index (Phi) is 4.66. The number of hydrogen-bond donors (Lipinski definition) is 0. The summed E-state index contributed by atoms with van der Waals surface area (Å²) in [6, 6.07) is 5.00. The lowest BCUT2D eigenvalue weighted by Crippen LogP contribution is -2.00. The third-order valence-corrected chi connectivity index (χ3v) is 2.81. The molecule has 0 saturated carbocycles. The predicted molar refractivity (Wildman–Crippen MR) is 82.6 cm³/mol. The molecule has 0 bridgehead atoms. The molecule has 0 atom stereocenters. The number of ether oxygens (including phenoxy) is 1. The summed E-state index contributed by atoms with van der Waals surface area (Å²) in [7, 11) is 3.04. The van der Waals surface area contributed by atoms with Crippen molar-refractivity contribution >= 4 is 28.9 Å². The van der Waals surface area contributed by atoms with Crippen molar-refractivity contribution in [1.82, 2.24) is 4.98 Å². The zero-order valence-corrected chi connectivity index (χ0v) is 12.2. The number of rotatable bonds is 4. The van der Waals surface area contributed by atoms with E-state index < -0.39 is 5.97 Å². The number of fused-ring (bicyclic) bond motifs is 1. The van der Waals surface area contributed by atoms with Gasteiger partial charge in [-0.1, -0.05) is 12.2 Å². The van der Waals surface area contributed by atoms with Gasteiger partial charge in [0.25, 0.3) is 0 Å². The van der Waals surface area contributed by atoms with Crippen molar-refractivity contribution in [1.29, 1.82) is 0 Å². The van der Waals surface area contributed by atoms with E-state index in [1.54, 1.807) is 31.5 Å². The molecule has 0 saturated heterocycles. The Bertz CT molecular complexity index is 739. The van der Waals surface area contributed by atoms with Gasteiger partial charge in [0.1, 0.15) is 5.52 Å². The molecule has 1 heterocycles. The average Bonchev–Trinajstić information content (AvgIpc) is 2.93. The van der Waals surface area contributed by atoms with E-state index in [4.69, 9.17) is 9.15 Å². The van der Waals surface area contributed by atoms with Gasteiger partial charge in [-0.15, -0.1) is 0 Å². The molecular formula is C16H16N2O3. The minimum atomic E-state index is -0.399. The first-order valence-electron chi connectivity index (χ1n) is 6.44. The van der Waals surface area contributed by atoms with Crippen LogP contribution in [-0.2, 0) is 4.74 Å². The summed E-state index contributed by atoms with van der Waals surface area (Å²) >= 11 is 0. The first-order valence-corrected chi connectivity index (χ1v) is 6.44. The Labute approximate surface area is 122 Å². The number of nitrogens with zero attached hydrogens (tertiary/aromatic N) is 2. The molecule has 0 spiro atoms. The van der Waals surface area contributed by atoms with Crippen molar-refractivity contribution in [3.05, 3.63) is 47.9 Å². The second-order valence-corrected chi connectivity index (χ2v) is 4.22. The number of methoxy groups -OCH3 is 1. The number of aromatic nitrogens is 1. The van der Waals surface area contributed by atoms with Gasteiger partial charge in [0.2, 0.25) is 5.89 Å². The zero-order chi connectivity index (χ0) is 15.2. The van der Waals surface area contributed by atoms with Crippen molar-refractivity contribution in [2.24, 2.45) is 4.99 Å². The molecule has 2 rings (SSSR count). The number of benzene rings is 1. The fourth-order valence-electron chi connectivity index (χ4n) is 1.83. The third kappa shape index (κ3) is 3.25. The van der Waals surface area contributed by atoms with Crippen LogP contribution in [0, 0.1) is 0 Å². The highest BCUT2D eigenvalue weighted by molar-refractivity contribution is 5.94. The molecule has 108 valence electrons. The Morgan fingerprint density at radius 1 is 1.43 bits per heavy atom. The summed E-state index contributed by atoms with van der Waals surface area (Å²) in [5, 5.41) is 0. The van der Waals surface area contributed by atoms with Crippen LogP contribution < -0.4 is 0 Å². The standard InChI is InChI=1S/C16H16N2O3/c1-4-5-11(8-9-17-2)15-18-13-10-12(16(19)20-3)6-7-14(13)21-15/h4-10H,1-3H3/b5-4-,11-8+,17-9?.